The van der Waals surface area contributed by atoms with Crippen molar-refractivity contribution < 1.29 is 38.6 Å². The molecule has 0 bridgehead atoms. The number of aromatic nitrogens is 2. The molecule has 14 nitrogen and oxygen atoms in total. The number of piperazine rings is 1. The average molecular weight is 587 g/mol. The lowest BCUT2D eigenvalue weighted by Crippen LogP contribution is -2.56. The number of hydrogen-bond acceptors (Lipinski definition) is 8. The molecule has 1 atom stereocenters. The number of nitrogens with zero attached hydrogens (tertiary/aromatic N) is 5. The summed E-state index contributed by atoms with van der Waals surface area (Å²) in [6.07, 6.45) is -0.954. The van der Waals surface area contributed by atoms with Crippen LogP contribution in [0.2, 0.25) is 0 Å². The Morgan fingerprint density at radius 3 is 2.24 bits per heavy atom. The lowest BCUT2D eigenvalue weighted by molar-refractivity contribution is -0.138. The van der Waals surface area contributed by atoms with E-state index in [9.17, 15) is 29.1 Å². The van der Waals surface area contributed by atoms with Crippen molar-refractivity contribution >= 4 is 29.8 Å². The Labute approximate surface area is 244 Å². The molecule has 0 radical (unpaired) electrons. The summed E-state index contributed by atoms with van der Waals surface area (Å²) < 4.78 is 12.2. The van der Waals surface area contributed by atoms with Crippen LogP contribution >= 0.6 is 0 Å². The molecule has 1 aliphatic heterocycles. The van der Waals surface area contributed by atoms with Gasteiger partial charge in [-0.25, -0.2) is 9.48 Å². The largest absolute Gasteiger partial charge is 0.481 e. The number of rotatable bonds is 13. The highest BCUT2D eigenvalue weighted by Gasteiger charge is 2.31. The number of aliphatic carboxylic acids is 1. The molecule has 0 saturated carbocycles. The molecule has 1 unspecified atom stereocenters. The van der Waals surface area contributed by atoms with Gasteiger partial charge in [-0.2, -0.15) is 5.10 Å². The van der Waals surface area contributed by atoms with Gasteiger partial charge in [0.25, 0.3) is 11.8 Å². The van der Waals surface area contributed by atoms with Crippen molar-refractivity contribution in [1.29, 1.82) is 0 Å². The Morgan fingerprint density at radius 2 is 1.64 bits per heavy atom. The lowest BCUT2D eigenvalue weighted by atomic mass is 10.1. The molecule has 2 heterocycles. The number of carboxylic acid groups (broad SMARTS) is 1. The van der Waals surface area contributed by atoms with Gasteiger partial charge < -0.3 is 34.6 Å². The van der Waals surface area contributed by atoms with Gasteiger partial charge in [-0.15, -0.1) is 0 Å². The normalized spacial score (nSPS) is 13.7. The molecule has 0 spiro atoms. The van der Waals surface area contributed by atoms with Crippen molar-refractivity contribution in [2.75, 3.05) is 52.5 Å². The molecular weight excluding hydrogens is 548 g/mol. The van der Waals surface area contributed by atoms with Crippen LogP contribution in [0.15, 0.2) is 36.4 Å². The maximum atomic E-state index is 13.4. The molecule has 14 heteroatoms. The summed E-state index contributed by atoms with van der Waals surface area (Å²) in [5.74, 6) is -2.36. The molecule has 0 aliphatic carbocycles. The van der Waals surface area contributed by atoms with Crippen molar-refractivity contribution in [2.24, 2.45) is 0 Å². The maximum absolute atomic E-state index is 13.4. The minimum atomic E-state index is -1.14. The molecule has 228 valence electrons. The van der Waals surface area contributed by atoms with Crippen molar-refractivity contribution in [2.45, 2.75) is 39.7 Å². The van der Waals surface area contributed by atoms with E-state index >= 15 is 0 Å². The highest BCUT2D eigenvalue weighted by Crippen LogP contribution is 2.20. The second-order valence-electron chi connectivity index (χ2n) is 9.44. The highest BCUT2D eigenvalue weighted by molar-refractivity contribution is 5.96. The van der Waals surface area contributed by atoms with Gasteiger partial charge in [0.15, 0.2) is 12.3 Å². The van der Waals surface area contributed by atoms with Crippen molar-refractivity contribution in [3.63, 3.8) is 0 Å². The summed E-state index contributed by atoms with van der Waals surface area (Å²) in [7, 11) is 0. The zero-order chi connectivity index (χ0) is 30.6. The molecule has 3 rings (SSSR count). The number of para-hydroxylation sites is 1. The monoisotopic (exact) mass is 586 g/mol. The third-order valence-corrected chi connectivity index (χ3v) is 6.74. The Balaban J connectivity index is 1.78. The van der Waals surface area contributed by atoms with Crippen molar-refractivity contribution in [3.05, 3.63) is 42.1 Å². The van der Waals surface area contributed by atoms with Crippen LogP contribution in [0.1, 0.15) is 44.1 Å². The summed E-state index contributed by atoms with van der Waals surface area (Å²) >= 11 is 0. The van der Waals surface area contributed by atoms with Gasteiger partial charge in [0.1, 0.15) is 6.04 Å². The van der Waals surface area contributed by atoms with E-state index in [2.05, 4.69) is 10.4 Å². The number of nitrogens with one attached hydrogen (secondary N) is 1. The SMILES string of the molecule is CCOC(=O)N1CCN(C(=O)C(CCC(=O)O)NC(=O)c2cc(OCC(=O)N(CC)CC)n(-c3ccccc3)n2)CC1. The third kappa shape index (κ3) is 8.44. The van der Waals surface area contributed by atoms with Gasteiger partial charge >= 0.3 is 12.1 Å². The van der Waals surface area contributed by atoms with Crippen LogP contribution in [0.25, 0.3) is 5.69 Å². The van der Waals surface area contributed by atoms with Gasteiger partial charge in [-0.05, 0) is 39.3 Å². The van der Waals surface area contributed by atoms with Crippen molar-refractivity contribution in [1.82, 2.24) is 29.8 Å². The summed E-state index contributed by atoms with van der Waals surface area (Å²) in [5, 5.41) is 16.2. The summed E-state index contributed by atoms with van der Waals surface area (Å²) in [6.45, 7) is 7.35. The predicted octanol–water partition coefficient (Wildman–Crippen LogP) is 1.38. The Kier molecular flexibility index (Phi) is 11.7. The van der Waals surface area contributed by atoms with Crippen molar-refractivity contribution in [3.8, 4) is 11.6 Å². The van der Waals surface area contributed by atoms with E-state index < -0.39 is 29.9 Å². The molecule has 2 aromatic rings. The molecular formula is C28H38N6O8. The van der Waals surface area contributed by atoms with Crippen LogP contribution in [0, 0.1) is 0 Å². The maximum Gasteiger partial charge on any atom is 0.409 e. The van der Waals surface area contributed by atoms with E-state index in [1.807, 2.05) is 19.9 Å². The lowest BCUT2D eigenvalue weighted by Gasteiger charge is -2.35. The topological polar surface area (TPSA) is 164 Å². The molecule has 2 N–H and O–H groups in total. The van der Waals surface area contributed by atoms with E-state index in [4.69, 9.17) is 9.47 Å². The van der Waals surface area contributed by atoms with E-state index in [1.54, 1.807) is 36.1 Å². The summed E-state index contributed by atoms with van der Waals surface area (Å²) in [6, 6.07) is 9.11. The number of ether oxygens (including phenoxy) is 2. The fourth-order valence-electron chi connectivity index (χ4n) is 4.44. The summed E-state index contributed by atoms with van der Waals surface area (Å²) in [5.41, 5.74) is 0.504. The quantitative estimate of drug-likeness (QED) is 0.353. The first-order valence-electron chi connectivity index (χ1n) is 14.0. The molecule has 1 aliphatic rings. The number of carbonyl (C=O) groups is 5. The molecule has 4 amide bonds. The Hall–Kier alpha value is -4.62. The fourth-order valence-corrected chi connectivity index (χ4v) is 4.44. The van der Waals surface area contributed by atoms with Gasteiger partial charge in [0, 0.05) is 51.8 Å². The average Bonchev–Trinajstić information content (AvgIpc) is 3.43. The van der Waals surface area contributed by atoms with Crippen LogP contribution in [-0.2, 0) is 19.1 Å². The second-order valence-corrected chi connectivity index (χ2v) is 9.44. The van der Waals surface area contributed by atoms with E-state index in [0.717, 1.165) is 0 Å². The van der Waals surface area contributed by atoms with E-state index in [-0.39, 0.29) is 69.7 Å². The zero-order valence-corrected chi connectivity index (χ0v) is 24.2. The first kappa shape index (κ1) is 31.9. The minimum absolute atomic E-state index is 0.0793. The fraction of sp³-hybridized carbons (Fsp3) is 0.500. The van der Waals surface area contributed by atoms with Gasteiger partial charge in [-0.1, -0.05) is 18.2 Å². The Morgan fingerprint density at radius 1 is 1.00 bits per heavy atom. The number of benzene rings is 1. The Bertz CT molecular complexity index is 1240. The standard InChI is InChI=1S/C28H38N6O8/c1-4-31(5-2)23(35)19-42-24-18-22(30-34(24)20-10-8-7-9-11-20)26(38)29-21(12-13-25(36)37)27(39)32-14-16-33(17-15-32)28(40)41-6-3/h7-11,18,21H,4-6,12-17,19H2,1-3H3,(H,29,38)(H,36,37). The van der Waals surface area contributed by atoms with Gasteiger partial charge in [0.05, 0.1) is 12.3 Å². The number of likely N-dealkylation sites (N-methyl/N-ethyl adjacent to an activating group) is 1. The number of hydrogen-bond donors (Lipinski definition) is 2. The smallest absolute Gasteiger partial charge is 0.409 e. The molecule has 1 fully saturated rings. The third-order valence-electron chi connectivity index (χ3n) is 6.74. The first-order valence-corrected chi connectivity index (χ1v) is 14.0. The first-order chi connectivity index (χ1) is 20.2. The highest BCUT2D eigenvalue weighted by atomic mass is 16.6. The molecule has 1 saturated heterocycles. The van der Waals surface area contributed by atoms with Gasteiger partial charge in [-0.3, -0.25) is 19.2 Å². The molecule has 42 heavy (non-hydrogen) atoms. The summed E-state index contributed by atoms with van der Waals surface area (Å²) in [4.78, 5) is 67.1. The van der Waals surface area contributed by atoms with Crippen LogP contribution < -0.4 is 10.1 Å². The van der Waals surface area contributed by atoms with Gasteiger partial charge in [0.2, 0.25) is 11.8 Å². The van der Waals surface area contributed by atoms with Crippen LogP contribution in [0.5, 0.6) is 5.88 Å². The number of carboxylic acids is 1. The number of carbonyl (C=O) groups excluding carboxylic acids is 4. The van der Waals surface area contributed by atoms with Crippen LogP contribution in [0.3, 0.4) is 0 Å². The molecule has 1 aromatic carbocycles. The minimum Gasteiger partial charge on any atom is -0.481 e. The van der Waals surface area contributed by atoms with Crippen LogP contribution in [-0.4, -0.2) is 118 Å². The van der Waals surface area contributed by atoms with E-state index in [1.165, 1.54) is 20.5 Å². The predicted molar refractivity (Wildman–Crippen MR) is 150 cm³/mol. The number of amides is 4. The second kappa shape index (κ2) is 15.4. The zero-order valence-electron chi connectivity index (χ0n) is 24.2. The van der Waals surface area contributed by atoms with Crippen LogP contribution in [0.4, 0.5) is 4.79 Å². The van der Waals surface area contributed by atoms with E-state index in [0.29, 0.717) is 18.8 Å². The molecule has 1 aromatic heterocycles.